The smallest absolute Gasteiger partial charge is 0.345 e. The Balaban J connectivity index is 3.07. The first-order valence-electron chi connectivity index (χ1n) is 4.69. The van der Waals surface area contributed by atoms with Crippen LogP contribution in [0.25, 0.3) is 23.6 Å². The summed E-state index contributed by atoms with van der Waals surface area (Å²) in [5.41, 5.74) is -0.0965. The highest BCUT2D eigenvalue weighted by Crippen LogP contribution is 2.05. The van der Waals surface area contributed by atoms with E-state index >= 15 is 0 Å². The number of carbonyl (C=O) groups is 1. The van der Waals surface area contributed by atoms with Crippen molar-refractivity contribution in [3.63, 3.8) is 0 Å². The van der Waals surface area contributed by atoms with Crippen LogP contribution in [-0.2, 0) is 0 Å². The van der Waals surface area contributed by atoms with Gasteiger partial charge in [0.15, 0.2) is 6.29 Å². The van der Waals surface area contributed by atoms with Gasteiger partial charge in [-0.15, -0.1) is 0 Å². The number of carbonyl (C=O) groups excluding carboxylic acids is 1. The summed E-state index contributed by atoms with van der Waals surface area (Å²) in [5, 5.41) is 0.437. The van der Waals surface area contributed by atoms with Crippen molar-refractivity contribution in [3.05, 3.63) is 45.2 Å². The van der Waals surface area contributed by atoms with E-state index in [0.29, 0.717) is 11.8 Å². The SMILES string of the molecule is C=C(F)/C=c1\c(=C)oc(=O)c2cc(C=O)[nH]c12. The van der Waals surface area contributed by atoms with Crippen LogP contribution in [0.15, 0.2) is 27.7 Å². The molecule has 0 aliphatic heterocycles. The summed E-state index contributed by atoms with van der Waals surface area (Å²) in [5.74, 6) is -0.702. The summed E-state index contributed by atoms with van der Waals surface area (Å²) in [6, 6.07) is 1.34. The highest BCUT2D eigenvalue weighted by molar-refractivity contribution is 5.87. The van der Waals surface area contributed by atoms with Gasteiger partial charge in [0.25, 0.3) is 0 Å². The predicted molar refractivity (Wildman–Crippen MR) is 61.7 cm³/mol. The molecule has 17 heavy (non-hydrogen) atoms. The van der Waals surface area contributed by atoms with Gasteiger partial charge in [0.1, 0.15) is 11.2 Å². The minimum atomic E-state index is -0.702. The second kappa shape index (κ2) is 3.86. The number of aldehydes is 1. The third kappa shape index (κ3) is 1.82. The van der Waals surface area contributed by atoms with Crippen LogP contribution in [0.2, 0.25) is 0 Å². The molecule has 0 bridgehead atoms. The van der Waals surface area contributed by atoms with Crippen molar-refractivity contribution in [2.45, 2.75) is 0 Å². The molecule has 0 aliphatic carbocycles. The standard InChI is InChI=1S/C12H8FNO3/c1-6(13)3-9-7(2)17-12(16)10-4-8(5-15)14-11(9)10/h3-5,14H,1-2H2/b9-3+. The molecule has 2 aromatic rings. The van der Waals surface area contributed by atoms with Gasteiger partial charge in [-0.3, -0.25) is 4.79 Å². The first kappa shape index (κ1) is 11.1. The fraction of sp³-hybridized carbons (Fsp3) is 0. The monoisotopic (exact) mass is 233 g/mol. The second-order valence-corrected chi connectivity index (χ2v) is 3.45. The van der Waals surface area contributed by atoms with E-state index in [9.17, 15) is 14.0 Å². The van der Waals surface area contributed by atoms with E-state index in [0.717, 1.165) is 6.08 Å². The van der Waals surface area contributed by atoms with Crippen molar-refractivity contribution in [1.29, 1.82) is 0 Å². The van der Waals surface area contributed by atoms with Crippen LogP contribution < -0.4 is 16.3 Å². The summed E-state index contributed by atoms with van der Waals surface area (Å²) < 4.78 is 17.6. The maximum absolute atomic E-state index is 12.8. The molecule has 0 radical (unpaired) electrons. The molecule has 4 nitrogen and oxygen atoms in total. The summed E-state index contributed by atoms with van der Waals surface area (Å²) in [6.45, 7) is 6.60. The van der Waals surface area contributed by atoms with Crippen LogP contribution >= 0.6 is 0 Å². The Morgan fingerprint density at radius 2 is 2.24 bits per heavy atom. The zero-order valence-electron chi connectivity index (χ0n) is 8.75. The lowest BCUT2D eigenvalue weighted by Gasteiger charge is -1.92. The molecule has 1 N–H and O–H groups in total. The molecule has 2 heterocycles. The van der Waals surface area contributed by atoms with Crippen LogP contribution in [0, 0.1) is 0 Å². The van der Waals surface area contributed by atoms with Gasteiger partial charge in [-0.2, -0.15) is 0 Å². The lowest BCUT2D eigenvalue weighted by atomic mass is 10.2. The van der Waals surface area contributed by atoms with Gasteiger partial charge >= 0.3 is 5.63 Å². The molecule has 0 saturated carbocycles. The summed E-state index contributed by atoms with van der Waals surface area (Å²) in [6.07, 6.45) is 1.63. The number of rotatable bonds is 2. The first-order valence-corrected chi connectivity index (χ1v) is 4.69. The number of allylic oxidation sites excluding steroid dienone is 1. The van der Waals surface area contributed by atoms with Crippen LogP contribution in [0.5, 0.6) is 0 Å². The molecular weight excluding hydrogens is 225 g/mol. The van der Waals surface area contributed by atoms with Crippen molar-refractivity contribution < 1.29 is 13.6 Å². The largest absolute Gasteiger partial charge is 0.423 e. The number of hydrogen-bond acceptors (Lipinski definition) is 3. The average molecular weight is 233 g/mol. The highest BCUT2D eigenvalue weighted by Gasteiger charge is 2.07. The Morgan fingerprint density at radius 1 is 1.53 bits per heavy atom. The molecule has 0 unspecified atom stereocenters. The zero-order valence-corrected chi connectivity index (χ0v) is 8.75. The topological polar surface area (TPSA) is 63.1 Å². The van der Waals surface area contributed by atoms with Crippen LogP contribution in [-0.4, -0.2) is 11.3 Å². The van der Waals surface area contributed by atoms with Crippen molar-refractivity contribution in [1.82, 2.24) is 4.98 Å². The van der Waals surface area contributed by atoms with Crippen molar-refractivity contribution in [2.75, 3.05) is 0 Å². The third-order valence-electron chi connectivity index (χ3n) is 2.27. The van der Waals surface area contributed by atoms with E-state index < -0.39 is 11.5 Å². The molecule has 0 atom stereocenters. The molecular formula is C12H8FNO3. The fourth-order valence-corrected chi connectivity index (χ4v) is 1.58. The van der Waals surface area contributed by atoms with E-state index in [4.69, 9.17) is 4.42 Å². The van der Waals surface area contributed by atoms with Gasteiger partial charge in [0.05, 0.1) is 16.6 Å². The van der Waals surface area contributed by atoms with Crippen molar-refractivity contribution >= 4 is 29.8 Å². The molecule has 0 aliphatic rings. The minimum absolute atomic E-state index is 0.0144. The number of aromatic amines is 1. The van der Waals surface area contributed by atoms with Gasteiger partial charge in [-0.25, -0.2) is 9.18 Å². The summed E-state index contributed by atoms with van der Waals surface area (Å²) in [4.78, 5) is 24.8. The van der Waals surface area contributed by atoms with Gasteiger partial charge in [-0.1, -0.05) is 13.2 Å². The molecule has 0 amide bonds. The lowest BCUT2D eigenvalue weighted by molar-refractivity contribution is 0.112. The maximum atomic E-state index is 12.8. The van der Waals surface area contributed by atoms with Gasteiger partial charge in [-0.05, 0) is 12.1 Å². The molecule has 0 aromatic carbocycles. The average Bonchev–Trinajstić information content (AvgIpc) is 2.68. The number of halogens is 1. The Kier molecular flexibility index (Phi) is 2.51. The summed E-state index contributed by atoms with van der Waals surface area (Å²) in [7, 11) is 0. The number of aromatic nitrogens is 1. The van der Waals surface area contributed by atoms with Crippen LogP contribution in [0.1, 0.15) is 10.5 Å². The van der Waals surface area contributed by atoms with E-state index in [-0.39, 0.29) is 21.7 Å². The van der Waals surface area contributed by atoms with E-state index in [2.05, 4.69) is 18.1 Å². The van der Waals surface area contributed by atoms with Gasteiger partial charge in [0, 0.05) is 5.22 Å². The van der Waals surface area contributed by atoms with Crippen molar-refractivity contribution in [2.24, 2.45) is 0 Å². The molecule has 0 fully saturated rings. The highest BCUT2D eigenvalue weighted by atomic mass is 19.1. The number of nitrogens with one attached hydrogen (secondary N) is 1. The van der Waals surface area contributed by atoms with E-state index in [1.54, 1.807) is 0 Å². The predicted octanol–water partition coefficient (Wildman–Crippen LogP) is 0.608. The lowest BCUT2D eigenvalue weighted by Crippen LogP contribution is -2.28. The van der Waals surface area contributed by atoms with Crippen LogP contribution in [0.4, 0.5) is 4.39 Å². The van der Waals surface area contributed by atoms with Crippen molar-refractivity contribution in [3.8, 4) is 0 Å². The second-order valence-electron chi connectivity index (χ2n) is 3.45. The molecule has 2 rings (SSSR count). The van der Waals surface area contributed by atoms with Gasteiger partial charge in [0.2, 0.25) is 0 Å². The van der Waals surface area contributed by atoms with E-state index in [1.165, 1.54) is 6.07 Å². The van der Waals surface area contributed by atoms with Gasteiger partial charge < -0.3 is 9.40 Å². The Morgan fingerprint density at radius 3 is 2.82 bits per heavy atom. The molecule has 2 aromatic heterocycles. The molecule has 0 saturated heterocycles. The fourth-order valence-electron chi connectivity index (χ4n) is 1.58. The third-order valence-corrected chi connectivity index (χ3v) is 2.27. The number of H-pyrrole nitrogens is 1. The summed E-state index contributed by atoms with van der Waals surface area (Å²) >= 11 is 0. The Hall–Kier alpha value is -2.43. The Bertz CT molecular complexity index is 782. The zero-order chi connectivity index (χ0) is 12.6. The normalized spacial score (nSPS) is 11.9. The first-order chi connectivity index (χ1) is 8.02. The molecule has 5 heteroatoms. The molecule has 86 valence electrons. The minimum Gasteiger partial charge on any atom is -0.423 e. The number of fused-ring (bicyclic) bond motifs is 1. The quantitative estimate of drug-likeness (QED) is 0.773. The van der Waals surface area contributed by atoms with Crippen LogP contribution in [0.3, 0.4) is 0 Å². The Labute approximate surface area is 94.4 Å². The molecule has 0 spiro atoms. The number of hydrogen-bond donors (Lipinski definition) is 1. The maximum Gasteiger partial charge on any atom is 0.345 e. The van der Waals surface area contributed by atoms with E-state index in [1.807, 2.05) is 0 Å².